The lowest BCUT2D eigenvalue weighted by molar-refractivity contribution is -0.116. The lowest BCUT2D eigenvalue weighted by atomic mass is 9.90. The van der Waals surface area contributed by atoms with Crippen LogP contribution in [0.2, 0.25) is 0 Å². The molecule has 32 heavy (non-hydrogen) atoms. The second kappa shape index (κ2) is 9.20. The Labute approximate surface area is 191 Å². The van der Waals surface area contributed by atoms with E-state index in [9.17, 15) is 13.2 Å². The molecule has 1 heterocycles. The molecule has 0 aliphatic carbocycles. The number of fused-ring (bicyclic) bond motifs is 1. The Morgan fingerprint density at radius 3 is 2.16 bits per heavy atom. The zero-order chi connectivity index (χ0) is 22.7. The average molecular weight is 466 g/mol. The van der Waals surface area contributed by atoms with E-state index in [1.54, 1.807) is 32.2 Å². The fourth-order valence-electron chi connectivity index (χ4n) is 3.43. The summed E-state index contributed by atoms with van der Waals surface area (Å²) in [5.41, 5.74) is 2.40. The number of amides is 1. The molecule has 1 aromatic heterocycles. The van der Waals surface area contributed by atoms with Gasteiger partial charge in [-0.3, -0.25) is 4.79 Å². The van der Waals surface area contributed by atoms with Gasteiger partial charge in [-0.2, -0.15) is 0 Å². The second-order valence-electron chi connectivity index (χ2n) is 7.31. The Bertz CT molecular complexity index is 1300. The van der Waals surface area contributed by atoms with Gasteiger partial charge in [-0.15, -0.1) is 0 Å². The van der Waals surface area contributed by atoms with E-state index in [2.05, 4.69) is 10.3 Å². The van der Waals surface area contributed by atoms with Crippen molar-refractivity contribution in [3.63, 3.8) is 0 Å². The molecule has 4 aromatic rings. The predicted octanol–water partition coefficient (Wildman–Crippen LogP) is 4.71. The highest BCUT2D eigenvalue weighted by molar-refractivity contribution is 7.89. The van der Waals surface area contributed by atoms with Gasteiger partial charge in [-0.1, -0.05) is 78.9 Å². The van der Waals surface area contributed by atoms with Gasteiger partial charge in [-0.25, -0.2) is 17.7 Å². The SMILES string of the molecule is CCN(C)S(=O)(=O)c1ccc2nc(NC(=O)C(c3ccccc3)c3ccccc3)sc2c1. The number of nitrogens with one attached hydrogen (secondary N) is 1. The fraction of sp³-hybridized carbons (Fsp3) is 0.167. The van der Waals surface area contributed by atoms with Crippen molar-refractivity contribution in [2.24, 2.45) is 0 Å². The molecule has 4 rings (SSSR count). The average Bonchev–Trinajstić information content (AvgIpc) is 3.21. The quantitative estimate of drug-likeness (QED) is 0.429. The first-order valence-electron chi connectivity index (χ1n) is 10.2. The van der Waals surface area contributed by atoms with Gasteiger partial charge < -0.3 is 5.32 Å². The molecule has 164 valence electrons. The molecule has 0 radical (unpaired) electrons. The third-order valence-corrected chi connectivity index (χ3v) is 8.13. The summed E-state index contributed by atoms with van der Waals surface area (Å²) < 4.78 is 27.3. The van der Waals surface area contributed by atoms with Gasteiger partial charge in [0.2, 0.25) is 15.9 Å². The van der Waals surface area contributed by atoms with E-state index in [4.69, 9.17) is 0 Å². The Hall–Kier alpha value is -3.07. The number of anilines is 1. The van der Waals surface area contributed by atoms with Crippen LogP contribution in [-0.4, -0.2) is 37.2 Å². The minimum absolute atomic E-state index is 0.194. The summed E-state index contributed by atoms with van der Waals surface area (Å²) in [5, 5.41) is 3.36. The van der Waals surface area contributed by atoms with Crippen molar-refractivity contribution in [1.82, 2.24) is 9.29 Å². The van der Waals surface area contributed by atoms with E-state index in [-0.39, 0.29) is 10.8 Å². The van der Waals surface area contributed by atoms with E-state index in [1.165, 1.54) is 15.6 Å². The molecular weight excluding hydrogens is 442 g/mol. The molecule has 0 aliphatic rings. The molecule has 0 aliphatic heterocycles. The van der Waals surface area contributed by atoms with Gasteiger partial charge in [0.05, 0.1) is 21.0 Å². The highest BCUT2D eigenvalue weighted by Crippen LogP contribution is 2.31. The van der Waals surface area contributed by atoms with Crippen molar-refractivity contribution in [1.29, 1.82) is 0 Å². The van der Waals surface area contributed by atoms with Crippen LogP contribution in [0, 0.1) is 0 Å². The monoisotopic (exact) mass is 465 g/mol. The summed E-state index contributed by atoms with van der Waals surface area (Å²) in [6.45, 7) is 2.16. The van der Waals surface area contributed by atoms with Crippen LogP contribution in [0.5, 0.6) is 0 Å². The Balaban J connectivity index is 1.65. The maximum absolute atomic E-state index is 13.3. The number of aromatic nitrogens is 1. The summed E-state index contributed by atoms with van der Waals surface area (Å²) in [7, 11) is -2.01. The standard InChI is InChI=1S/C24H23N3O3S2/c1-3-27(2)32(29,30)19-14-15-20-21(16-19)31-24(25-20)26-23(28)22(17-10-6-4-7-11-17)18-12-8-5-9-13-18/h4-16,22H,3H2,1-2H3,(H,25,26,28). The molecule has 3 aromatic carbocycles. The first-order valence-corrected chi connectivity index (χ1v) is 12.4. The van der Waals surface area contributed by atoms with E-state index < -0.39 is 15.9 Å². The maximum Gasteiger partial charge on any atom is 0.242 e. The van der Waals surface area contributed by atoms with Crippen molar-refractivity contribution in [2.45, 2.75) is 17.7 Å². The van der Waals surface area contributed by atoms with Gasteiger partial charge >= 0.3 is 0 Å². The number of hydrogen-bond acceptors (Lipinski definition) is 5. The van der Waals surface area contributed by atoms with Crippen molar-refractivity contribution in [2.75, 3.05) is 18.9 Å². The van der Waals surface area contributed by atoms with Crippen molar-refractivity contribution in [3.8, 4) is 0 Å². The molecular formula is C24H23N3O3S2. The highest BCUT2D eigenvalue weighted by atomic mass is 32.2. The summed E-state index contributed by atoms with van der Waals surface area (Å²) in [5.74, 6) is -0.682. The van der Waals surface area contributed by atoms with Crippen LogP contribution in [0.25, 0.3) is 10.2 Å². The van der Waals surface area contributed by atoms with Gasteiger partial charge in [0.1, 0.15) is 0 Å². The van der Waals surface area contributed by atoms with Crippen LogP contribution in [0.4, 0.5) is 5.13 Å². The van der Waals surface area contributed by atoms with Crippen LogP contribution < -0.4 is 5.32 Å². The fourth-order valence-corrected chi connectivity index (χ4v) is 5.62. The number of rotatable bonds is 7. The molecule has 1 N–H and O–H groups in total. The lowest BCUT2D eigenvalue weighted by Crippen LogP contribution is -2.26. The molecule has 0 bridgehead atoms. The topological polar surface area (TPSA) is 79.4 Å². The zero-order valence-corrected chi connectivity index (χ0v) is 19.4. The number of sulfonamides is 1. The van der Waals surface area contributed by atoms with Gasteiger partial charge in [0.15, 0.2) is 5.13 Å². The van der Waals surface area contributed by atoms with Crippen LogP contribution in [0.3, 0.4) is 0 Å². The molecule has 0 saturated carbocycles. The summed E-state index contributed by atoms with van der Waals surface area (Å²) in [6, 6.07) is 24.0. The first kappa shape index (κ1) is 22.1. The van der Waals surface area contributed by atoms with E-state index in [0.29, 0.717) is 21.9 Å². The number of thiazole rings is 1. The Kier molecular flexibility index (Phi) is 6.36. The van der Waals surface area contributed by atoms with Crippen LogP contribution in [0.15, 0.2) is 83.8 Å². The predicted molar refractivity (Wildman–Crippen MR) is 128 cm³/mol. The minimum atomic E-state index is -3.55. The number of benzene rings is 3. The van der Waals surface area contributed by atoms with Crippen LogP contribution in [0.1, 0.15) is 24.0 Å². The van der Waals surface area contributed by atoms with Gasteiger partial charge in [-0.05, 0) is 29.3 Å². The number of carbonyl (C=O) groups excluding carboxylic acids is 1. The Morgan fingerprint density at radius 1 is 1.00 bits per heavy atom. The largest absolute Gasteiger partial charge is 0.301 e. The smallest absolute Gasteiger partial charge is 0.242 e. The lowest BCUT2D eigenvalue weighted by Gasteiger charge is -2.16. The third-order valence-electron chi connectivity index (χ3n) is 5.27. The number of nitrogens with zero attached hydrogens (tertiary/aromatic N) is 2. The second-order valence-corrected chi connectivity index (χ2v) is 10.4. The molecule has 1 amide bonds. The van der Waals surface area contributed by atoms with Crippen molar-refractivity contribution >= 4 is 42.6 Å². The molecule has 0 saturated heterocycles. The zero-order valence-electron chi connectivity index (χ0n) is 17.7. The van der Waals surface area contributed by atoms with Crippen LogP contribution in [-0.2, 0) is 14.8 Å². The normalized spacial score (nSPS) is 11.9. The first-order chi connectivity index (χ1) is 15.4. The van der Waals surface area contributed by atoms with Crippen LogP contribution >= 0.6 is 11.3 Å². The molecule has 8 heteroatoms. The number of hydrogen-bond donors (Lipinski definition) is 1. The molecule has 0 atom stereocenters. The van der Waals surface area contributed by atoms with E-state index in [0.717, 1.165) is 11.1 Å². The van der Waals surface area contributed by atoms with Crippen molar-refractivity contribution < 1.29 is 13.2 Å². The van der Waals surface area contributed by atoms with Crippen molar-refractivity contribution in [3.05, 3.63) is 90.0 Å². The van der Waals surface area contributed by atoms with E-state index in [1.807, 2.05) is 60.7 Å². The maximum atomic E-state index is 13.3. The molecule has 0 fully saturated rings. The molecule has 0 spiro atoms. The summed E-state index contributed by atoms with van der Waals surface area (Å²) >= 11 is 1.26. The highest BCUT2D eigenvalue weighted by Gasteiger charge is 2.24. The molecule has 0 unspecified atom stereocenters. The Morgan fingerprint density at radius 2 is 1.59 bits per heavy atom. The third kappa shape index (κ3) is 4.43. The van der Waals surface area contributed by atoms with Gasteiger partial charge in [0, 0.05) is 13.6 Å². The molecule has 6 nitrogen and oxygen atoms in total. The summed E-state index contributed by atoms with van der Waals surface area (Å²) in [6.07, 6.45) is 0. The number of carbonyl (C=O) groups is 1. The van der Waals surface area contributed by atoms with E-state index >= 15 is 0 Å². The summed E-state index contributed by atoms with van der Waals surface area (Å²) in [4.78, 5) is 18.0. The van der Waals surface area contributed by atoms with Gasteiger partial charge in [0.25, 0.3) is 0 Å². The minimum Gasteiger partial charge on any atom is -0.301 e.